The molecule has 1 aliphatic heterocycles. The molecule has 0 atom stereocenters. The average molecular weight is 278 g/mol. The summed E-state index contributed by atoms with van der Waals surface area (Å²) in [6.07, 6.45) is 0. The number of nitrogens with one attached hydrogen (secondary N) is 1. The summed E-state index contributed by atoms with van der Waals surface area (Å²) in [5, 5.41) is 7.08. The summed E-state index contributed by atoms with van der Waals surface area (Å²) in [6.45, 7) is 2.89. The van der Waals surface area contributed by atoms with E-state index in [2.05, 4.69) is 20.3 Å². The van der Waals surface area contributed by atoms with Crippen LogP contribution < -0.4 is 16.0 Å². The van der Waals surface area contributed by atoms with Gasteiger partial charge in [-0.05, 0) is 11.4 Å². The number of nitrogen functional groups attached to an aromatic ring is 1. The lowest BCUT2D eigenvalue weighted by molar-refractivity contribution is 0.122. The first-order chi connectivity index (χ1) is 9.31. The molecule has 0 unspecified atom stereocenters. The number of nitrogens with zero attached hydrogens (tertiary/aromatic N) is 4. The van der Waals surface area contributed by atoms with Crippen LogP contribution in [-0.2, 0) is 4.74 Å². The number of ether oxygens (including phenoxy) is 1. The molecule has 2 aromatic rings. The molecule has 3 rings (SSSR count). The predicted molar refractivity (Wildman–Crippen MR) is 74.9 cm³/mol. The van der Waals surface area contributed by atoms with E-state index in [1.165, 1.54) is 0 Å². The molecule has 0 aliphatic carbocycles. The van der Waals surface area contributed by atoms with Crippen molar-refractivity contribution >= 4 is 34.9 Å². The van der Waals surface area contributed by atoms with Gasteiger partial charge in [-0.25, -0.2) is 0 Å². The van der Waals surface area contributed by atoms with Crippen LogP contribution in [-0.4, -0.2) is 41.3 Å². The summed E-state index contributed by atoms with van der Waals surface area (Å²) in [6, 6.07) is 1.96. The Morgan fingerprint density at radius 2 is 2.11 bits per heavy atom. The van der Waals surface area contributed by atoms with Crippen molar-refractivity contribution in [3.63, 3.8) is 0 Å². The van der Waals surface area contributed by atoms with Crippen molar-refractivity contribution in [3.05, 3.63) is 16.8 Å². The maximum absolute atomic E-state index is 5.74. The molecule has 1 fully saturated rings. The number of hydrogen-bond acceptors (Lipinski definition) is 8. The van der Waals surface area contributed by atoms with E-state index in [1.54, 1.807) is 11.3 Å². The van der Waals surface area contributed by atoms with E-state index in [0.717, 1.165) is 18.8 Å². The van der Waals surface area contributed by atoms with E-state index in [-0.39, 0.29) is 5.95 Å². The lowest BCUT2D eigenvalue weighted by Crippen LogP contribution is -2.37. The minimum Gasteiger partial charge on any atom is -0.378 e. The molecule has 1 aliphatic rings. The fourth-order valence-corrected chi connectivity index (χ4v) is 2.39. The third kappa shape index (κ3) is 2.91. The van der Waals surface area contributed by atoms with Crippen LogP contribution in [0.2, 0.25) is 0 Å². The number of anilines is 4. The maximum Gasteiger partial charge on any atom is 0.233 e. The van der Waals surface area contributed by atoms with Gasteiger partial charge >= 0.3 is 0 Å². The van der Waals surface area contributed by atoms with Crippen molar-refractivity contribution in [2.45, 2.75) is 0 Å². The number of aromatic nitrogens is 3. The predicted octanol–water partition coefficient (Wildman–Crippen LogP) is 1.10. The Morgan fingerprint density at radius 1 is 1.26 bits per heavy atom. The summed E-state index contributed by atoms with van der Waals surface area (Å²) in [5.74, 6) is 1.27. The van der Waals surface area contributed by atoms with E-state index in [9.17, 15) is 0 Å². The van der Waals surface area contributed by atoms with Crippen LogP contribution in [0.4, 0.5) is 23.5 Å². The van der Waals surface area contributed by atoms with Gasteiger partial charge in [0.2, 0.25) is 17.8 Å². The highest BCUT2D eigenvalue weighted by atomic mass is 32.1. The summed E-state index contributed by atoms with van der Waals surface area (Å²) < 4.78 is 5.31. The minimum atomic E-state index is 0.217. The number of morpholine rings is 1. The van der Waals surface area contributed by atoms with Crippen molar-refractivity contribution in [1.29, 1.82) is 0 Å². The average Bonchev–Trinajstić information content (AvgIpc) is 2.92. The van der Waals surface area contributed by atoms with E-state index in [1.807, 2.05) is 21.7 Å². The number of hydrogen-bond donors (Lipinski definition) is 2. The summed E-state index contributed by atoms with van der Waals surface area (Å²) in [5.41, 5.74) is 6.69. The highest BCUT2D eigenvalue weighted by molar-refractivity contribution is 7.08. The monoisotopic (exact) mass is 278 g/mol. The fraction of sp³-hybridized carbons (Fsp3) is 0.364. The second-order valence-corrected chi connectivity index (χ2v) is 4.83. The molecule has 8 heteroatoms. The fourth-order valence-electron chi connectivity index (χ4n) is 1.81. The maximum atomic E-state index is 5.74. The zero-order valence-corrected chi connectivity index (χ0v) is 11.1. The van der Waals surface area contributed by atoms with Crippen LogP contribution in [0.25, 0.3) is 0 Å². The Balaban J connectivity index is 1.82. The van der Waals surface area contributed by atoms with Crippen molar-refractivity contribution in [3.8, 4) is 0 Å². The van der Waals surface area contributed by atoms with E-state index >= 15 is 0 Å². The SMILES string of the molecule is Nc1nc(Nc2ccsc2)nc(N2CCOCC2)n1. The second-order valence-electron chi connectivity index (χ2n) is 4.05. The van der Waals surface area contributed by atoms with Crippen molar-refractivity contribution in [2.75, 3.05) is 42.3 Å². The second kappa shape index (κ2) is 5.37. The first-order valence-corrected chi connectivity index (χ1v) is 6.89. The van der Waals surface area contributed by atoms with Gasteiger partial charge in [-0.1, -0.05) is 0 Å². The summed E-state index contributed by atoms with van der Waals surface area (Å²) in [7, 11) is 0. The molecule has 0 spiro atoms. The smallest absolute Gasteiger partial charge is 0.233 e. The Labute approximate surface area is 114 Å². The number of thiophene rings is 1. The highest BCUT2D eigenvalue weighted by Gasteiger charge is 2.15. The molecular formula is C11H14N6OS. The zero-order chi connectivity index (χ0) is 13.1. The van der Waals surface area contributed by atoms with Gasteiger partial charge in [0.05, 0.1) is 18.9 Å². The molecule has 2 aromatic heterocycles. The Morgan fingerprint density at radius 3 is 2.84 bits per heavy atom. The quantitative estimate of drug-likeness (QED) is 0.868. The van der Waals surface area contributed by atoms with Gasteiger partial charge in [-0.15, -0.1) is 0 Å². The van der Waals surface area contributed by atoms with Gasteiger partial charge in [0.1, 0.15) is 0 Å². The Bertz CT molecular complexity index is 540. The molecule has 3 heterocycles. The van der Waals surface area contributed by atoms with Crippen molar-refractivity contribution < 1.29 is 4.74 Å². The van der Waals surface area contributed by atoms with Crippen molar-refractivity contribution in [2.24, 2.45) is 0 Å². The van der Waals surface area contributed by atoms with Gasteiger partial charge in [0, 0.05) is 18.5 Å². The molecule has 1 saturated heterocycles. The molecule has 100 valence electrons. The Kier molecular flexibility index (Phi) is 3.43. The third-order valence-corrected chi connectivity index (χ3v) is 3.40. The van der Waals surface area contributed by atoms with Crippen LogP contribution in [0.3, 0.4) is 0 Å². The number of nitrogens with two attached hydrogens (primary N) is 1. The topological polar surface area (TPSA) is 89.2 Å². The van der Waals surface area contributed by atoms with Crippen LogP contribution in [0.5, 0.6) is 0 Å². The lowest BCUT2D eigenvalue weighted by atomic mass is 10.4. The van der Waals surface area contributed by atoms with Crippen LogP contribution >= 0.6 is 11.3 Å². The van der Waals surface area contributed by atoms with Gasteiger partial charge in [-0.3, -0.25) is 0 Å². The molecule has 0 amide bonds. The molecule has 7 nitrogen and oxygen atoms in total. The Hall–Kier alpha value is -1.93. The minimum absolute atomic E-state index is 0.217. The molecule has 19 heavy (non-hydrogen) atoms. The number of rotatable bonds is 3. The van der Waals surface area contributed by atoms with E-state index in [0.29, 0.717) is 25.1 Å². The van der Waals surface area contributed by atoms with Gasteiger partial charge < -0.3 is 20.7 Å². The zero-order valence-electron chi connectivity index (χ0n) is 10.2. The first kappa shape index (κ1) is 12.1. The van der Waals surface area contributed by atoms with Crippen LogP contribution in [0.1, 0.15) is 0 Å². The lowest BCUT2D eigenvalue weighted by Gasteiger charge is -2.26. The molecular weight excluding hydrogens is 264 g/mol. The third-order valence-electron chi connectivity index (χ3n) is 2.71. The van der Waals surface area contributed by atoms with Crippen LogP contribution in [0.15, 0.2) is 16.8 Å². The van der Waals surface area contributed by atoms with Crippen molar-refractivity contribution in [1.82, 2.24) is 15.0 Å². The van der Waals surface area contributed by atoms with Gasteiger partial charge in [0.15, 0.2) is 0 Å². The molecule has 3 N–H and O–H groups in total. The summed E-state index contributed by atoms with van der Waals surface area (Å²) in [4.78, 5) is 14.7. The molecule has 0 radical (unpaired) electrons. The van der Waals surface area contributed by atoms with Gasteiger partial charge in [0.25, 0.3) is 0 Å². The van der Waals surface area contributed by atoms with Crippen LogP contribution in [0, 0.1) is 0 Å². The first-order valence-electron chi connectivity index (χ1n) is 5.95. The largest absolute Gasteiger partial charge is 0.378 e. The highest BCUT2D eigenvalue weighted by Crippen LogP contribution is 2.19. The van der Waals surface area contributed by atoms with E-state index < -0.39 is 0 Å². The molecule has 0 bridgehead atoms. The normalized spacial score (nSPS) is 15.5. The molecule has 0 saturated carbocycles. The standard InChI is InChI=1S/C11H14N6OS/c12-9-14-10(13-8-1-6-19-7-8)16-11(15-9)17-2-4-18-5-3-17/h1,6-7H,2-5H2,(H3,12,13,14,15,16). The van der Waals surface area contributed by atoms with E-state index in [4.69, 9.17) is 10.5 Å². The van der Waals surface area contributed by atoms with Gasteiger partial charge in [-0.2, -0.15) is 26.3 Å². The summed E-state index contributed by atoms with van der Waals surface area (Å²) >= 11 is 1.60. The molecule has 0 aromatic carbocycles.